The molecular formula is C16H20N2O6. The lowest BCUT2D eigenvalue weighted by atomic mass is 9.76. The first-order valence-corrected chi connectivity index (χ1v) is 7.56. The van der Waals surface area contributed by atoms with Gasteiger partial charge in [-0.2, -0.15) is 0 Å². The van der Waals surface area contributed by atoms with Crippen molar-refractivity contribution < 1.29 is 29.1 Å². The van der Waals surface area contributed by atoms with E-state index in [1.54, 1.807) is 6.92 Å². The fraction of sp³-hybridized carbons (Fsp3) is 0.438. The summed E-state index contributed by atoms with van der Waals surface area (Å²) in [4.78, 5) is 40.0. The molecule has 0 spiro atoms. The van der Waals surface area contributed by atoms with Gasteiger partial charge >= 0.3 is 5.97 Å². The normalized spacial score (nSPS) is 26.4. The van der Waals surface area contributed by atoms with Gasteiger partial charge in [-0.3, -0.25) is 19.7 Å². The Morgan fingerprint density at radius 1 is 1.42 bits per heavy atom. The van der Waals surface area contributed by atoms with Gasteiger partial charge in [0.15, 0.2) is 0 Å². The minimum absolute atomic E-state index is 0.102. The van der Waals surface area contributed by atoms with Gasteiger partial charge in [0.2, 0.25) is 5.54 Å². The van der Waals surface area contributed by atoms with E-state index >= 15 is 0 Å². The first-order valence-electron chi connectivity index (χ1n) is 7.56. The van der Waals surface area contributed by atoms with E-state index in [-0.39, 0.29) is 19.6 Å². The van der Waals surface area contributed by atoms with Gasteiger partial charge in [-0.1, -0.05) is 37.3 Å². The summed E-state index contributed by atoms with van der Waals surface area (Å²) in [5.74, 6) is -2.96. The molecule has 8 heteroatoms. The zero-order valence-electron chi connectivity index (χ0n) is 13.2. The predicted molar refractivity (Wildman–Crippen MR) is 82.5 cm³/mol. The van der Waals surface area contributed by atoms with Crippen LogP contribution in [0.1, 0.15) is 18.9 Å². The number of carbonyl (C=O) groups is 3. The highest BCUT2D eigenvalue weighted by atomic mass is 16.7. The maximum Gasteiger partial charge on any atom is 0.334 e. The second-order valence-corrected chi connectivity index (χ2v) is 5.59. The van der Waals surface area contributed by atoms with Gasteiger partial charge in [0.1, 0.15) is 6.10 Å². The fourth-order valence-corrected chi connectivity index (χ4v) is 2.85. The largest absolute Gasteiger partial charge is 0.479 e. The van der Waals surface area contributed by atoms with Crippen LogP contribution in [0, 0.1) is 5.92 Å². The van der Waals surface area contributed by atoms with Gasteiger partial charge < -0.3 is 9.84 Å². The molecule has 0 radical (unpaired) electrons. The molecule has 3 atom stereocenters. The average molecular weight is 336 g/mol. The Kier molecular flexibility index (Phi) is 5.88. The van der Waals surface area contributed by atoms with Crippen molar-refractivity contribution >= 4 is 18.3 Å². The number of hydrogen-bond acceptors (Lipinski definition) is 6. The second kappa shape index (κ2) is 7.89. The Hall–Kier alpha value is -2.45. The molecule has 3 N–H and O–H groups in total. The molecule has 2 rings (SSSR count). The minimum Gasteiger partial charge on any atom is -0.479 e. The van der Waals surface area contributed by atoms with Gasteiger partial charge in [0.25, 0.3) is 12.4 Å². The van der Waals surface area contributed by atoms with E-state index in [0.717, 1.165) is 5.56 Å². The topological polar surface area (TPSA) is 114 Å². The summed E-state index contributed by atoms with van der Waals surface area (Å²) in [6.07, 6.45) is -0.243. The van der Waals surface area contributed by atoms with Crippen molar-refractivity contribution in [2.45, 2.75) is 31.6 Å². The Bertz CT molecular complexity index is 593. The summed E-state index contributed by atoms with van der Waals surface area (Å²) < 4.78 is 4.92. The number of benzene rings is 1. The Labute approximate surface area is 139 Å². The molecule has 1 aliphatic heterocycles. The van der Waals surface area contributed by atoms with E-state index in [2.05, 4.69) is 10.8 Å². The lowest BCUT2D eigenvalue weighted by Gasteiger charge is -2.41. The number of ether oxygens (including phenoxy) is 1. The molecule has 1 amide bonds. The van der Waals surface area contributed by atoms with Crippen LogP contribution in [0.5, 0.6) is 0 Å². The summed E-state index contributed by atoms with van der Waals surface area (Å²) >= 11 is 0. The molecule has 0 saturated carbocycles. The third-order valence-electron chi connectivity index (χ3n) is 4.25. The molecule has 1 saturated heterocycles. The standard InChI is InChI=1S/C16H20N2O6/c1-11-13(23-10-19)7-8-17-16(11,15(21)22)14(20)18-24-9-12-5-3-2-4-6-12/h2-6,10-11,13,17H,7-9H2,1H3,(H,18,20)(H,21,22). The highest BCUT2D eigenvalue weighted by Gasteiger charge is 2.56. The molecule has 0 aromatic heterocycles. The SMILES string of the molecule is CC1C(OC=O)CCNC1(C(=O)O)C(=O)NOCc1ccccc1. The average Bonchev–Trinajstić information content (AvgIpc) is 2.57. The zero-order valence-corrected chi connectivity index (χ0v) is 13.2. The van der Waals surface area contributed by atoms with Gasteiger partial charge in [-0.25, -0.2) is 10.3 Å². The van der Waals surface area contributed by atoms with Crippen LogP contribution in [0.3, 0.4) is 0 Å². The van der Waals surface area contributed by atoms with E-state index in [0.29, 0.717) is 6.42 Å². The summed E-state index contributed by atoms with van der Waals surface area (Å²) in [7, 11) is 0. The lowest BCUT2D eigenvalue weighted by molar-refractivity contribution is -0.168. The highest BCUT2D eigenvalue weighted by molar-refractivity contribution is 6.07. The van der Waals surface area contributed by atoms with Crippen LogP contribution in [0.25, 0.3) is 0 Å². The van der Waals surface area contributed by atoms with Crippen molar-refractivity contribution in [2.75, 3.05) is 6.54 Å². The van der Waals surface area contributed by atoms with E-state index in [4.69, 9.17) is 9.57 Å². The molecule has 0 bridgehead atoms. The van der Waals surface area contributed by atoms with Crippen molar-refractivity contribution in [1.29, 1.82) is 0 Å². The maximum atomic E-state index is 12.5. The van der Waals surface area contributed by atoms with Crippen LogP contribution in [0.2, 0.25) is 0 Å². The van der Waals surface area contributed by atoms with Crippen LogP contribution >= 0.6 is 0 Å². The van der Waals surface area contributed by atoms with E-state index in [1.807, 2.05) is 30.3 Å². The first-order chi connectivity index (χ1) is 11.5. The van der Waals surface area contributed by atoms with Crippen molar-refractivity contribution in [3.63, 3.8) is 0 Å². The molecule has 1 aliphatic rings. The van der Waals surface area contributed by atoms with Gasteiger partial charge in [0, 0.05) is 12.5 Å². The first kappa shape index (κ1) is 17.9. The molecule has 1 aromatic carbocycles. The minimum atomic E-state index is -1.93. The van der Waals surface area contributed by atoms with Crippen LogP contribution in [-0.2, 0) is 30.6 Å². The number of rotatable bonds is 7. The van der Waals surface area contributed by atoms with Crippen LogP contribution in [0.4, 0.5) is 0 Å². The fourth-order valence-electron chi connectivity index (χ4n) is 2.85. The third-order valence-corrected chi connectivity index (χ3v) is 4.25. The molecular weight excluding hydrogens is 316 g/mol. The van der Waals surface area contributed by atoms with Crippen molar-refractivity contribution in [3.05, 3.63) is 35.9 Å². The summed E-state index contributed by atoms with van der Waals surface area (Å²) in [6.45, 7) is 2.14. The molecule has 8 nitrogen and oxygen atoms in total. The Morgan fingerprint density at radius 3 is 2.75 bits per heavy atom. The number of carbonyl (C=O) groups excluding carboxylic acids is 2. The monoisotopic (exact) mass is 336 g/mol. The van der Waals surface area contributed by atoms with Gasteiger partial charge in [-0.15, -0.1) is 0 Å². The number of carboxylic acid groups (broad SMARTS) is 1. The van der Waals surface area contributed by atoms with Gasteiger partial charge in [-0.05, 0) is 12.0 Å². The van der Waals surface area contributed by atoms with Crippen molar-refractivity contribution in [1.82, 2.24) is 10.8 Å². The second-order valence-electron chi connectivity index (χ2n) is 5.59. The Morgan fingerprint density at radius 2 is 2.12 bits per heavy atom. The molecule has 1 heterocycles. The number of hydroxylamine groups is 1. The zero-order chi connectivity index (χ0) is 17.6. The molecule has 24 heavy (non-hydrogen) atoms. The van der Waals surface area contributed by atoms with Crippen molar-refractivity contribution in [3.8, 4) is 0 Å². The third kappa shape index (κ3) is 3.55. The number of carboxylic acids is 1. The van der Waals surface area contributed by atoms with Crippen LogP contribution < -0.4 is 10.8 Å². The molecule has 1 fully saturated rings. The number of nitrogens with one attached hydrogen (secondary N) is 2. The van der Waals surface area contributed by atoms with Gasteiger partial charge in [0.05, 0.1) is 6.61 Å². The van der Waals surface area contributed by atoms with E-state index in [1.165, 1.54) is 0 Å². The van der Waals surface area contributed by atoms with E-state index in [9.17, 15) is 19.5 Å². The van der Waals surface area contributed by atoms with E-state index < -0.39 is 29.4 Å². The number of hydrogen-bond donors (Lipinski definition) is 3. The number of piperidine rings is 1. The Balaban J connectivity index is 2.06. The number of amides is 1. The summed E-state index contributed by atoms with van der Waals surface area (Å²) in [5, 5.41) is 12.3. The van der Waals surface area contributed by atoms with Crippen molar-refractivity contribution in [2.24, 2.45) is 5.92 Å². The smallest absolute Gasteiger partial charge is 0.334 e. The number of aliphatic carboxylic acids is 1. The molecule has 0 aliphatic carbocycles. The lowest BCUT2D eigenvalue weighted by Crippen LogP contribution is -2.70. The quantitative estimate of drug-likeness (QED) is 0.371. The maximum absolute atomic E-state index is 12.5. The molecule has 3 unspecified atom stereocenters. The highest BCUT2D eigenvalue weighted by Crippen LogP contribution is 2.29. The summed E-state index contributed by atoms with van der Waals surface area (Å²) in [5.41, 5.74) is 1.09. The van der Waals surface area contributed by atoms with Crippen LogP contribution in [0.15, 0.2) is 30.3 Å². The molecule has 1 aromatic rings. The predicted octanol–water partition coefficient (Wildman–Crippen LogP) is 0.229. The summed E-state index contributed by atoms with van der Waals surface area (Å²) in [6, 6.07) is 9.13. The molecule has 130 valence electrons. The van der Waals surface area contributed by atoms with Crippen LogP contribution in [-0.4, -0.2) is 41.6 Å².